The Balaban J connectivity index is 2.46. The molecule has 2 aromatic heterocycles. The minimum Gasteiger partial charge on any atom is -0.262 e. The highest BCUT2D eigenvalue weighted by Crippen LogP contribution is 2.30. The molecule has 0 fully saturated rings. The smallest absolute Gasteiger partial charge is 0.0785 e. The van der Waals surface area contributed by atoms with Crippen LogP contribution in [0, 0.1) is 0 Å². The summed E-state index contributed by atoms with van der Waals surface area (Å²) in [7, 11) is 0. The summed E-state index contributed by atoms with van der Waals surface area (Å²) < 4.78 is 3.17. The number of hydrogen-bond donors (Lipinski definition) is 0. The average molecular weight is 271 g/mol. The van der Waals surface area contributed by atoms with Gasteiger partial charge in [0.1, 0.15) is 0 Å². The van der Waals surface area contributed by atoms with Gasteiger partial charge >= 0.3 is 0 Å². The summed E-state index contributed by atoms with van der Waals surface area (Å²) in [4.78, 5) is 1.25. The topological polar surface area (TPSA) is 17.8 Å². The Kier molecular flexibility index (Phi) is 2.74. The van der Waals surface area contributed by atoms with Crippen LogP contribution in [0.5, 0.6) is 0 Å². The van der Waals surface area contributed by atoms with E-state index in [9.17, 15) is 0 Å². The molecule has 4 heteroatoms. The SMILES string of the molecule is CC(C)n1nccc1-c1cc(Br)cs1. The first-order valence-electron chi connectivity index (χ1n) is 4.46. The van der Waals surface area contributed by atoms with Crippen molar-refractivity contribution in [3.8, 4) is 10.6 Å². The largest absolute Gasteiger partial charge is 0.262 e. The first-order valence-corrected chi connectivity index (χ1v) is 6.13. The van der Waals surface area contributed by atoms with Crippen LogP contribution in [0.15, 0.2) is 28.2 Å². The normalized spacial score (nSPS) is 11.1. The van der Waals surface area contributed by atoms with Crippen molar-refractivity contribution in [2.75, 3.05) is 0 Å². The van der Waals surface area contributed by atoms with Gasteiger partial charge in [0, 0.05) is 22.1 Å². The summed E-state index contributed by atoms with van der Waals surface area (Å²) in [6.45, 7) is 4.28. The number of hydrogen-bond acceptors (Lipinski definition) is 2. The quantitative estimate of drug-likeness (QED) is 0.808. The van der Waals surface area contributed by atoms with E-state index in [2.05, 4.69) is 52.4 Å². The molecule has 0 saturated heterocycles. The Morgan fingerprint density at radius 2 is 2.29 bits per heavy atom. The van der Waals surface area contributed by atoms with Crippen LogP contribution in [0.2, 0.25) is 0 Å². The van der Waals surface area contributed by atoms with Crippen LogP contribution in [-0.2, 0) is 0 Å². The van der Waals surface area contributed by atoms with Gasteiger partial charge < -0.3 is 0 Å². The Morgan fingerprint density at radius 3 is 2.86 bits per heavy atom. The van der Waals surface area contributed by atoms with Gasteiger partial charge in [0.15, 0.2) is 0 Å². The molecule has 0 N–H and O–H groups in total. The van der Waals surface area contributed by atoms with Gasteiger partial charge in [0.05, 0.1) is 10.6 Å². The molecule has 0 bridgehead atoms. The Labute approximate surface area is 95.7 Å². The van der Waals surface area contributed by atoms with Gasteiger partial charge in [-0.2, -0.15) is 5.10 Å². The van der Waals surface area contributed by atoms with E-state index in [1.54, 1.807) is 11.3 Å². The number of aromatic nitrogens is 2. The summed E-state index contributed by atoms with van der Waals surface area (Å²) in [5, 5.41) is 6.40. The van der Waals surface area contributed by atoms with Crippen LogP contribution in [0.1, 0.15) is 19.9 Å². The monoisotopic (exact) mass is 270 g/mol. The molecule has 0 radical (unpaired) electrons. The van der Waals surface area contributed by atoms with Crippen molar-refractivity contribution in [2.45, 2.75) is 19.9 Å². The lowest BCUT2D eigenvalue weighted by molar-refractivity contribution is 0.539. The summed E-state index contributed by atoms with van der Waals surface area (Å²) in [6.07, 6.45) is 1.85. The highest BCUT2D eigenvalue weighted by molar-refractivity contribution is 9.10. The third-order valence-corrected chi connectivity index (χ3v) is 3.69. The molecule has 2 rings (SSSR count). The predicted octanol–water partition coefficient (Wildman–Crippen LogP) is 3.96. The van der Waals surface area contributed by atoms with Crippen LogP contribution in [-0.4, -0.2) is 9.78 Å². The second-order valence-corrected chi connectivity index (χ2v) is 5.21. The maximum atomic E-state index is 4.31. The Morgan fingerprint density at radius 1 is 1.50 bits per heavy atom. The van der Waals surface area contributed by atoms with Crippen molar-refractivity contribution < 1.29 is 0 Å². The zero-order valence-corrected chi connectivity index (χ0v) is 10.5. The first-order chi connectivity index (χ1) is 6.68. The fraction of sp³-hybridized carbons (Fsp3) is 0.300. The first kappa shape index (κ1) is 9.93. The summed E-state index contributed by atoms with van der Waals surface area (Å²) in [6, 6.07) is 4.58. The van der Waals surface area contributed by atoms with E-state index in [1.165, 1.54) is 10.6 Å². The standard InChI is InChI=1S/C10H11BrN2S/c1-7(2)13-9(3-4-12-13)10-5-8(11)6-14-10/h3-7H,1-2H3. The fourth-order valence-electron chi connectivity index (χ4n) is 1.37. The zero-order valence-electron chi connectivity index (χ0n) is 8.07. The number of rotatable bonds is 2. The number of nitrogens with zero attached hydrogens (tertiary/aromatic N) is 2. The zero-order chi connectivity index (χ0) is 10.1. The highest BCUT2D eigenvalue weighted by Gasteiger charge is 2.09. The summed E-state index contributed by atoms with van der Waals surface area (Å²) in [5.41, 5.74) is 1.19. The van der Waals surface area contributed by atoms with Crippen molar-refractivity contribution in [2.24, 2.45) is 0 Å². The lowest BCUT2D eigenvalue weighted by atomic mass is 10.3. The lowest BCUT2D eigenvalue weighted by Crippen LogP contribution is -2.03. The van der Waals surface area contributed by atoms with Gasteiger partial charge in [-0.05, 0) is 41.9 Å². The molecule has 2 nitrogen and oxygen atoms in total. The molecule has 0 spiro atoms. The van der Waals surface area contributed by atoms with E-state index in [1.807, 2.05) is 10.9 Å². The molecule has 0 amide bonds. The van der Waals surface area contributed by atoms with E-state index >= 15 is 0 Å². The van der Waals surface area contributed by atoms with E-state index < -0.39 is 0 Å². The van der Waals surface area contributed by atoms with Crippen molar-refractivity contribution >= 4 is 27.3 Å². The molecule has 0 aliphatic heterocycles. The second-order valence-electron chi connectivity index (χ2n) is 3.38. The van der Waals surface area contributed by atoms with Gasteiger partial charge in [0.25, 0.3) is 0 Å². The molecule has 0 aromatic carbocycles. The average Bonchev–Trinajstić information content (AvgIpc) is 2.70. The third kappa shape index (κ3) is 1.77. The van der Waals surface area contributed by atoms with Crippen LogP contribution < -0.4 is 0 Å². The fourth-order valence-corrected chi connectivity index (χ4v) is 2.81. The van der Waals surface area contributed by atoms with Gasteiger partial charge in [-0.3, -0.25) is 4.68 Å². The highest BCUT2D eigenvalue weighted by atomic mass is 79.9. The van der Waals surface area contributed by atoms with Gasteiger partial charge in [-0.1, -0.05) is 0 Å². The number of halogens is 1. The molecule has 0 unspecified atom stereocenters. The maximum absolute atomic E-state index is 4.31. The summed E-state index contributed by atoms with van der Waals surface area (Å²) >= 11 is 5.19. The van der Waals surface area contributed by atoms with Crippen molar-refractivity contribution in [1.82, 2.24) is 9.78 Å². The van der Waals surface area contributed by atoms with E-state index in [0.29, 0.717) is 6.04 Å². The molecule has 0 saturated carbocycles. The maximum Gasteiger partial charge on any atom is 0.0785 e. The number of thiophene rings is 1. The van der Waals surface area contributed by atoms with E-state index in [4.69, 9.17) is 0 Å². The second kappa shape index (κ2) is 3.87. The molecule has 74 valence electrons. The van der Waals surface area contributed by atoms with Crippen molar-refractivity contribution in [3.05, 3.63) is 28.2 Å². The Bertz CT molecular complexity index is 431. The molecule has 2 heterocycles. The van der Waals surface area contributed by atoms with Crippen LogP contribution in [0.3, 0.4) is 0 Å². The van der Waals surface area contributed by atoms with Crippen LogP contribution in [0.4, 0.5) is 0 Å². The van der Waals surface area contributed by atoms with Crippen LogP contribution in [0.25, 0.3) is 10.6 Å². The lowest BCUT2D eigenvalue weighted by Gasteiger charge is -2.08. The molecule has 14 heavy (non-hydrogen) atoms. The van der Waals surface area contributed by atoms with Crippen molar-refractivity contribution in [1.29, 1.82) is 0 Å². The molecule has 0 aliphatic carbocycles. The predicted molar refractivity (Wildman–Crippen MR) is 63.6 cm³/mol. The van der Waals surface area contributed by atoms with E-state index in [-0.39, 0.29) is 0 Å². The van der Waals surface area contributed by atoms with Gasteiger partial charge in [-0.15, -0.1) is 11.3 Å². The molecule has 2 aromatic rings. The van der Waals surface area contributed by atoms with Crippen molar-refractivity contribution in [3.63, 3.8) is 0 Å². The third-order valence-electron chi connectivity index (χ3n) is 1.98. The summed E-state index contributed by atoms with van der Waals surface area (Å²) in [5.74, 6) is 0. The minimum atomic E-state index is 0.404. The molecular weight excluding hydrogens is 260 g/mol. The van der Waals surface area contributed by atoms with Gasteiger partial charge in [0.2, 0.25) is 0 Å². The Hall–Kier alpha value is -0.610. The minimum absolute atomic E-state index is 0.404. The molecule has 0 atom stereocenters. The molecular formula is C10H11BrN2S. The van der Waals surface area contributed by atoms with Crippen LogP contribution >= 0.6 is 27.3 Å². The van der Waals surface area contributed by atoms with Gasteiger partial charge in [-0.25, -0.2) is 0 Å². The molecule has 0 aliphatic rings. The van der Waals surface area contributed by atoms with E-state index in [0.717, 1.165) is 4.47 Å².